The van der Waals surface area contributed by atoms with Gasteiger partial charge in [0.25, 0.3) is 10.0 Å². The SMILES string of the molecule is Cc1ccc(NS(=O)(=O)c2ccc(C=CC(=O)O)cc2)c(Cl)c1. The summed E-state index contributed by atoms with van der Waals surface area (Å²) >= 11 is 6.03. The smallest absolute Gasteiger partial charge is 0.328 e. The largest absolute Gasteiger partial charge is 0.478 e. The first-order valence-corrected chi connectivity index (χ1v) is 8.44. The molecule has 7 heteroatoms. The number of nitrogens with one attached hydrogen (secondary N) is 1. The van der Waals surface area contributed by atoms with E-state index in [4.69, 9.17) is 16.7 Å². The molecule has 0 radical (unpaired) electrons. The van der Waals surface area contributed by atoms with E-state index in [0.29, 0.717) is 16.3 Å². The average molecular weight is 352 g/mol. The van der Waals surface area contributed by atoms with Crippen molar-refractivity contribution >= 4 is 39.4 Å². The first kappa shape index (κ1) is 17.1. The van der Waals surface area contributed by atoms with E-state index in [-0.39, 0.29) is 4.90 Å². The molecular weight excluding hydrogens is 338 g/mol. The van der Waals surface area contributed by atoms with E-state index in [1.54, 1.807) is 18.2 Å². The van der Waals surface area contributed by atoms with Gasteiger partial charge in [-0.25, -0.2) is 13.2 Å². The fraction of sp³-hybridized carbons (Fsp3) is 0.0625. The van der Waals surface area contributed by atoms with E-state index in [2.05, 4.69) is 4.72 Å². The van der Waals surface area contributed by atoms with E-state index in [1.165, 1.54) is 30.3 Å². The van der Waals surface area contributed by atoms with Gasteiger partial charge in [-0.15, -0.1) is 0 Å². The topological polar surface area (TPSA) is 83.5 Å². The van der Waals surface area contributed by atoms with Gasteiger partial charge < -0.3 is 5.11 Å². The van der Waals surface area contributed by atoms with Gasteiger partial charge in [-0.3, -0.25) is 4.72 Å². The van der Waals surface area contributed by atoms with Gasteiger partial charge in [-0.05, 0) is 48.4 Å². The Morgan fingerprint density at radius 3 is 2.39 bits per heavy atom. The number of hydrogen-bond donors (Lipinski definition) is 2. The van der Waals surface area contributed by atoms with Crippen LogP contribution in [0.15, 0.2) is 53.4 Å². The Bertz CT molecular complexity index is 858. The summed E-state index contributed by atoms with van der Waals surface area (Å²) < 4.78 is 27.1. The lowest BCUT2D eigenvalue weighted by molar-refractivity contribution is -0.131. The number of carboxylic acid groups (broad SMARTS) is 1. The average Bonchev–Trinajstić information content (AvgIpc) is 2.48. The van der Waals surface area contributed by atoms with Crippen molar-refractivity contribution in [2.24, 2.45) is 0 Å². The van der Waals surface area contributed by atoms with Gasteiger partial charge in [-0.2, -0.15) is 0 Å². The van der Waals surface area contributed by atoms with Gasteiger partial charge >= 0.3 is 5.97 Å². The number of anilines is 1. The highest BCUT2D eigenvalue weighted by Crippen LogP contribution is 2.25. The number of hydrogen-bond acceptors (Lipinski definition) is 3. The molecule has 0 saturated carbocycles. The number of aryl methyl sites for hydroxylation is 1. The van der Waals surface area contributed by atoms with Gasteiger partial charge in [0.1, 0.15) is 0 Å². The minimum Gasteiger partial charge on any atom is -0.478 e. The van der Waals surface area contributed by atoms with Crippen molar-refractivity contribution in [3.8, 4) is 0 Å². The monoisotopic (exact) mass is 351 g/mol. The molecule has 0 aromatic heterocycles. The molecule has 23 heavy (non-hydrogen) atoms. The zero-order valence-corrected chi connectivity index (χ0v) is 13.7. The zero-order valence-electron chi connectivity index (χ0n) is 12.2. The third-order valence-electron chi connectivity index (χ3n) is 2.98. The predicted molar refractivity (Wildman–Crippen MR) is 90.1 cm³/mol. The summed E-state index contributed by atoms with van der Waals surface area (Å²) in [5, 5.41) is 8.88. The number of rotatable bonds is 5. The molecule has 0 aliphatic heterocycles. The summed E-state index contributed by atoms with van der Waals surface area (Å²) in [7, 11) is -3.77. The fourth-order valence-corrected chi connectivity index (χ4v) is 3.25. The molecule has 5 nitrogen and oxygen atoms in total. The molecule has 2 rings (SSSR count). The van der Waals surface area contributed by atoms with E-state index in [1.807, 2.05) is 6.92 Å². The van der Waals surface area contributed by atoms with Crippen LogP contribution in [-0.2, 0) is 14.8 Å². The molecule has 0 spiro atoms. The molecule has 0 amide bonds. The minimum atomic E-state index is -3.77. The van der Waals surface area contributed by atoms with Crippen LogP contribution in [0.3, 0.4) is 0 Å². The molecule has 0 fully saturated rings. The second kappa shape index (κ2) is 6.85. The Morgan fingerprint density at radius 1 is 1.17 bits per heavy atom. The van der Waals surface area contributed by atoms with Crippen molar-refractivity contribution < 1.29 is 18.3 Å². The first-order chi connectivity index (χ1) is 10.8. The van der Waals surface area contributed by atoms with Crippen molar-refractivity contribution in [1.82, 2.24) is 0 Å². The number of sulfonamides is 1. The zero-order chi connectivity index (χ0) is 17.0. The summed E-state index contributed by atoms with van der Waals surface area (Å²) in [5.41, 5.74) is 1.80. The van der Waals surface area contributed by atoms with E-state index >= 15 is 0 Å². The number of halogens is 1. The molecule has 0 saturated heterocycles. The van der Waals surface area contributed by atoms with Crippen LogP contribution < -0.4 is 4.72 Å². The van der Waals surface area contributed by atoms with E-state index in [9.17, 15) is 13.2 Å². The Morgan fingerprint density at radius 2 is 1.83 bits per heavy atom. The maximum Gasteiger partial charge on any atom is 0.328 e. The molecule has 2 aromatic carbocycles. The van der Waals surface area contributed by atoms with E-state index in [0.717, 1.165) is 11.6 Å². The Balaban J connectivity index is 2.24. The molecule has 2 aromatic rings. The van der Waals surface area contributed by atoms with Crippen LogP contribution in [0.25, 0.3) is 6.08 Å². The highest BCUT2D eigenvalue weighted by molar-refractivity contribution is 7.92. The summed E-state index contributed by atoms with van der Waals surface area (Å²) in [6.45, 7) is 1.85. The number of aliphatic carboxylic acids is 1. The second-order valence-electron chi connectivity index (χ2n) is 4.83. The summed E-state index contributed by atoms with van der Waals surface area (Å²) in [4.78, 5) is 10.5. The van der Waals surface area contributed by atoms with Gasteiger partial charge in [0.2, 0.25) is 0 Å². The van der Waals surface area contributed by atoms with Gasteiger partial charge in [0.05, 0.1) is 15.6 Å². The van der Waals surface area contributed by atoms with Crippen LogP contribution in [0.1, 0.15) is 11.1 Å². The van der Waals surface area contributed by atoms with Crippen LogP contribution in [0.4, 0.5) is 5.69 Å². The highest BCUT2D eigenvalue weighted by atomic mass is 35.5. The number of carboxylic acids is 1. The summed E-state index contributed by atoms with van der Waals surface area (Å²) in [5.74, 6) is -1.07. The predicted octanol–water partition coefficient (Wildman–Crippen LogP) is 3.55. The normalized spacial score (nSPS) is 11.6. The van der Waals surface area contributed by atoms with Crippen molar-refractivity contribution in [3.63, 3.8) is 0 Å². The lowest BCUT2D eigenvalue weighted by Crippen LogP contribution is -2.13. The lowest BCUT2D eigenvalue weighted by atomic mass is 10.2. The molecule has 2 N–H and O–H groups in total. The second-order valence-corrected chi connectivity index (χ2v) is 6.92. The summed E-state index contributed by atoms with van der Waals surface area (Å²) in [6.07, 6.45) is 2.36. The Kier molecular flexibility index (Phi) is 5.08. The fourth-order valence-electron chi connectivity index (χ4n) is 1.83. The maximum atomic E-state index is 12.3. The maximum absolute atomic E-state index is 12.3. The minimum absolute atomic E-state index is 0.0571. The lowest BCUT2D eigenvalue weighted by Gasteiger charge is -2.10. The standard InChI is InChI=1S/C16H14ClNO4S/c1-11-2-8-15(14(17)10-11)18-23(21,22)13-6-3-12(4-7-13)5-9-16(19)20/h2-10,18H,1H3,(H,19,20). The Hall–Kier alpha value is -2.31. The molecule has 0 heterocycles. The van der Waals surface area contributed by atoms with Crippen LogP contribution in [0.2, 0.25) is 5.02 Å². The number of carbonyl (C=O) groups is 1. The van der Waals surface area contributed by atoms with Gasteiger partial charge in [0, 0.05) is 6.08 Å². The molecule has 120 valence electrons. The molecule has 0 aliphatic rings. The van der Waals surface area contributed by atoms with Gasteiger partial charge in [-0.1, -0.05) is 29.8 Å². The Labute approximate surface area is 139 Å². The number of benzene rings is 2. The van der Waals surface area contributed by atoms with E-state index < -0.39 is 16.0 Å². The first-order valence-electron chi connectivity index (χ1n) is 6.58. The quantitative estimate of drug-likeness (QED) is 0.807. The van der Waals surface area contributed by atoms with Crippen molar-refractivity contribution in [1.29, 1.82) is 0 Å². The molecule has 0 unspecified atom stereocenters. The molecular formula is C16H14ClNO4S. The highest BCUT2D eigenvalue weighted by Gasteiger charge is 2.15. The van der Waals surface area contributed by atoms with Crippen molar-refractivity contribution in [3.05, 3.63) is 64.7 Å². The third-order valence-corrected chi connectivity index (χ3v) is 4.67. The van der Waals surface area contributed by atoms with Crippen molar-refractivity contribution in [2.75, 3.05) is 4.72 Å². The van der Waals surface area contributed by atoms with Crippen LogP contribution in [0.5, 0.6) is 0 Å². The third kappa shape index (κ3) is 4.58. The van der Waals surface area contributed by atoms with Crippen LogP contribution in [-0.4, -0.2) is 19.5 Å². The summed E-state index contributed by atoms with van der Waals surface area (Å²) in [6, 6.07) is 10.8. The molecule has 0 bridgehead atoms. The van der Waals surface area contributed by atoms with Gasteiger partial charge in [0.15, 0.2) is 0 Å². The van der Waals surface area contributed by atoms with Crippen LogP contribution in [0, 0.1) is 6.92 Å². The molecule has 0 aliphatic carbocycles. The molecule has 0 atom stereocenters. The van der Waals surface area contributed by atoms with Crippen LogP contribution >= 0.6 is 11.6 Å². The van der Waals surface area contributed by atoms with Crippen molar-refractivity contribution in [2.45, 2.75) is 11.8 Å².